The van der Waals surface area contributed by atoms with Crippen molar-refractivity contribution in [2.75, 3.05) is 4.43 Å². The average Bonchev–Trinajstić information content (AvgIpc) is 2.48. The number of alkyl halides is 1. The molecule has 0 nitrogen and oxygen atoms in total. The molecule has 1 heteroatoms. The van der Waals surface area contributed by atoms with Crippen LogP contribution in [0.2, 0.25) is 0 Å². The second-order valence-corrected chi connectivity index (χ2v) is 4.43. The van der Waals surface area contributed by atoms with E-state index in [9.17, 15) is 0 Å². The van der Waals surface area contributed by atoms with Crippen LogP contribution >= 0.6 is 22.6 Å². The lowest BCUT2D eigenvalue weighted by Crippen LogP contribution is -1.94. The molecule has 1 atom stereocenters. The molecule has 0 bridgehead atoms. The highest BCUT2D eigenvalue weighted by Crippen LogP contribution is 2.30. The fraction of sp³-hybridized carbons (Fsp3) is 0.800. The third-order valence-electron chi connectivity index (χ3n) is 2.49. The Morgan fingerprint density at radius 3 is 3.00 bits per heavy atom. The fourth-order valence-corrected chi connectivity index (χ4v) is 2.19. The van der Waals surface area contributed by atoms with Crippen LogP contribution in [0.15, 0.2) is 11.6 Å². The third-order valence-corrected chi connectivity index (χ3v) is 3.25. The monoisotopic (exact) mass is 264 g/mol. The van der Waals surface area contributed by atoms with E-state index >= 15 is 0 Å². The Bertz CT molecular complexity index is 138. The van der Waals surface area contributed by atoms with E-state index in [4.69, 9.17) is 0 Å². The van der Waals surface area contributed by atoms with Crippen molar-refractivity contribution in [2.45, 2.75) is 39.0 Å². The molecule has 0 unspecified atom stereocenters. The van der Waals surface area contributed by atoms with E-state index in [0.717, 1.165) is 5.92 Å². The number of hydrogen-bond acceptors (Lipinski definition) is 0. The summed E-state index contributed by atoms with van der Waals surface area (Å²) in [7, 11) is 0. The summed E-state index contributed by atoms with van der Waals surface area (Å²) >= 11 is 2.47. The molecule has 11 heavy (non-hydrogen) atoms. The lowest BCUT2D eigenvalue weighted by Gasteiger charge is -2.07. The minimum absolute atomic E-state index is 1.000. The molecular formula is C10H17I. The van der Waals surface area contributed by atoms with Crippen molar-refractivity contribution >= 4 is 22.6 Å². The molecule has 1 aliphatic rings. The Balaban J connectivity index is 2.14. The maximum atomic E-state index is 2.47. The Morgan fingerprint density at radius 2 is 2.45 bits per heavy atom. The molecule has 0 heterocycles. The summed E-state index contributed by atoms with van der Waals surface area (Å²) in [6.45, 7) is 2.27. The zero-order valence-electron chi connectivity index (χ0n) is 7.28. The summed E-state index contributed by atoms with van der Waals surface area (Å²) in [5.41, 5.74) is 1.70. The van der Waals surface area contributed by atoms with Gasteiger partial charge in [0.15, 0.2) is 0 Å². The van der Waals surface area contributed by atoms with Crippen LogP contribution in [-0.4, -0.2) is 4.43 Å². The zero-order valence-corrected chi connectivity index (χ0v) is 9.43. The van der Waals surface area contributed by atoms with Gasteiger partial charge in [-0.1, -0.05) is 41.2 Å². The first kappa shape index (κ1) is 9.56. The quantitative estimate of drug-likeness (QED) is 0.410. The van der Waals surface area contributed by atoms with E-state index in [2.05, 4.69) is 35.6 Å². The van der Waals surface area contributed by atoms with E-state index in [0.29, 0.717) is 0 Å². The Morgan fingerprint density at radius 1 is 1.64 bits per heavy atom. The van der Waals surface area contributed by atoms with E-state index in [1.165, 1.54) is 36.5 Å². The van der Waals surface area contributed by atoms with Crippen molar-refractivity contribution < 1.29 is 0 Å². The van der Waals surface area contributed by atoms with E-state index in [1.54, 1.807) is 5.57 Å². The van der Waals surface area contributed by atoms with Crippen LogP contribution in [-0.2, 0) is 0 Å². The van der Waals surface area contributed by atoms with Crippen LogP contribution in [0.25, 0.3) is 0 Å². The molecule has 0 amide bonds. The summed E-state index contributed by atoms with van der Waals surface area (Å²) in [6, 6.07) is 0. The van der Waals surface area contributed by atoms with Gasteiger partial charge in [0.25, 0.3) is 0 Å². The van der Waals surface area contributed by atoms with Crippen molar-refractivity contribution in [1.29, 1.82) is 0 Å². The van der Waals surface area contributed by atoms with Crippen LogP contribution in [0.1, 0.15) is 39.0 Å². The summed E-state index contributed by atoms with van der Waals surface area (Å²) in [5.74, 6) is 1.000. The van der Waals surface area contributed by atoms with Crippen molar-refractivity contribution in [3.8, 4) is 0 Å². The molecule has 0 aromatic rings. The molecule has 0 aromatic heterocycles. The molecule has 0 N–H and O–H groups in total. The summed E-state index contributed by atoms with van der Waals surface area (Å²) in [4.78, 5) is 0. The molecule has 0 saturated heterocycles. The van der Waals surface area contributed by atoms with E-state index < -0.39 is 0 Å². The van der Waals surface area contributed by atoms with E-state index in [1.807, 2.05) is 0 Å². The van der Waals surface area contributed by atoms with Gasteiger partial charge in [0.1, 0.15) is 0 Å². The standard InChI is InChI=1S/C10H17I/c1-2-9-5-6-10(8-9)4-3-7-11/h5,10H,2-4,6-8H2,1H3/t10-/m0/s1. The molecular weight excluding hydrogens is 247 g/mol. The van der Waals surface area contributed by atoms with Gasteiger partial charge in [0.2, 0.25) is 0 Å². The fourth-order valence-electron chi connectivity index (χ4n) is 1.75. The SMILES string of the molecule is CCC1=CC[C@H](CCCI)C1. The number of halogens is 1. The Kier molecular flexibility index (Phi) is 4.50. The molecule has 64 valence electrons. The first-order valence-corrected chi connectivity index (χ1v) is 6.13. The Labute approximate surface area is 83.6 Å². The van der Waals surface area contributed by atoms with Gasteiger partial charge in [-0.3, -0.25) is 0 Å². The summed E-state index contributed by atoms with van der Waals surface area (Å²) in [6.07, 6.45) is 9.35. The molecule has 0 fully saturated rings. The molecule has 0 saturated carbocycles. The zero-order chi connectivity index (χ0) is 8.10. The highest BCUT2D eigenvalue weighted by atomic mass is 127. The van der Waals surface area contributed by atoms with Gasteiger partial charge >= 0.3 is 0 Å². The van der Waals surface area contributed by atoms with Gasteiger partial charge in [-0.25, -0.2) is 0 Å². The van der Waals surface area contributed by atoms with Crippen molar-refractivity contribution in [2.24, 2.45) is 5.92 Å². The third kappa shape index (κ3) is 3.14. The summed E-state index contributed by atoms with van der Waals surface area (Å²) < 4.78 is 1.33. The van der Waals surface area contributed by atoms with Crippen LogP contribution in [0.5, 0.6) is 0 Å². The van der Waals surface area contributed by atoms with Gasteiger partial charge < -0.3 is 0 Å². The molecule has 1 aliphatic carbocycles. The van der Waals surface area contributed by atoms with Gasteiger partial charge in [-0.15, -0.1) is 0 Å². The Hall–Kier alpha value is 0.470. The van der Waals surface area contributed by atoms with Crippen molar-refractivity contribution in [3.63, 3.8) is 0 Å². The minimum Gasteiger partial charge on any atom is -0.0864 e. The lowest BCUT2D eigenvalue weighted by atomic mass is 9.99. The second kappa shape index (κ2) is 5.18. The van der Waals surface area contributed by atoms with Gasteiger partial charge in [-0.05, 0) is 42.4 Å². The van der Waals surface area contributed by atoms with Crippen LogP contribution in [0.3, 0.4) is 0 Å². The number of allylic oxidation sites excluding steroid dienone is 2. The minimum atomic E-state index is 1.000. The molecule has 0 aromatic carbocycles. The first-order valence-electron chi connectivity index (χ1n) is 4.60. The smallest absolute Gasteiger partial charge is 0.000462 e. The second-order valence-electron chi connectivity index (χ2n) is 3.35. The highest BCUT2D eigenvalue weighted by Gasteiger charge is 2.14. The van der Waals surface area contributed by atoms with Crippen LogP contribution in [0, 0.1) is 5.92 Å². The van der Waals surface area contributed by atoms with Crippen molar-refractivity contribution in [1.82, 2.24) is 0 Å². The molecule has 0 radical (unpaired) electrons. The van der Waals surface area contributed by atoms with Gasteiger partial charge in [0.05, 0.1) is 0 Å². The number of hydrogen-bond donors (Lipinski definition) is 0. The first-order chi connectivity index (χ1) is 5.36. The molecule has 0 aliphatic heterocycles. The maximum absolute atomic E-state index is 2.47. The topological polar surface area (TPSA) is 0 Å². The van der Waals surface area contributed by atoms with E-state index in [-0.39, 0.29) is 0 Å². The van der Waals surface area contributed by atoms with Gasteiger partial charge in [-0.2, -0.15) is 0 Å². The molecule has 1 rings (SSSR count). The van der Waals surface area contributed by atoms with Gasteiger partial charge in [0, 0.05) is 0 Å². The maximum Gasteiger partial charge on any atom is -0.000462 e. The van der Waals surface area contributed by atoms with Crippen LogP contribution < -0.4 is 0 Å². The summed E-state index contributed by atoms with van der Waals surface area (Å²) in [5, 5.41) is 0. The highest BCUT2D eigenvalue weighted by molar-refractivity contribution is 14.1. The predicted molar refractivity (Wildman–Crippen MR) is 59.2 cm³/mol. The largest absolute Gasteiger partial charge is 0.0864 e. The normalized spacial score (nSPS) is 23.8. The molecule has 0 spiro atoms. The number of rotatable bonds is 4. The predicted octanol–water partition coefficient (Wildman–Crippen LogP) is 3.95. The van der Waals surface area contributed by atoms with Crippen LogP contribution in [0.4, 0.5) is 0 Å². The average molecular weight is 264 g/mol. The lowest BCUT2D eigenvalue weighted by molar-refractivity contribution is 0.508. The van der Waals surface area contributed by atoms with Crippen molar-refractivity contribution in [3.05, 3.63) is 11.6 Å².